The molecule has 2 unspecified atom stereocenters. The molecule has 2 rings (SSSR count). The van der Waals surface area contributed by atoms with Crippen LogP contribution in [0.25, 0.3) is 0 Å². The predicted molar refractivity (Wildman–Crippen MR) is 89.3 cm³/mol. The lowest BCUT2D eigenvalue weighted by atomic mass is 10.0. The Morgan fingerprint density at radius 1 is 1.45 bits per heavy atom. The molecule has 1 heterocycles. The molecule has 1 aliphatic heterocycles. The number of rotatable bonds is 5. The third-order valence-corrected chi connectivity index (χ3v) is 4.36. The first-order valence-corrected chi connectivity index (χ1v) is 8.20. The molecular formula is C17H24ClN3O. The van der Waals surface area contributed by atoms with E-state index in [0.29, 0.717) is 23.4 Å². The summed E-state index contributed by atoms with van der Waals surface area (Å²) in [6, 6.07) is 8.21. The normalized spacial score (nSPS) is 21.3. The lowest BCUT2D eigenvalue weighted by Crippen LogP contribution is -2.51. The Morgan fingerprint density at radius 2 is 2.23 bits per heavy atom. The number of halogens is 1. The highest BCUT2D eigenvalue weighted by atomic mass is 35.5. The van der Waals surface area contributed by atoms with Gasteiger partial charge in [-0.3, -0.25) is 4.90 Å². The van der Waals surface area contributed by atoms with Crippen LogP contribution in [0.2, 0.25) is 5.02 Å². The molecule has 120 valence electrons. The van der Waals surface area contributed by atoms with Crippen LogP contribution in [0, 0.1) is 11.3 Å². The SMILES string of the molecule is CCCOc1ccc(C(C#N)N2CCN(C)CC2C)cc1Cl. The molecular weight excluding hydrogens is 298 g/mol. The maximum absolute atomic E-state index is 9.64. The topological polar surface area (TPSA) is 39.5 Å². The van der Waals surface area contributed by atoms with Crippen LogP contribution >= 0.6 is 11.6 Å². The van der Waals surface area contributed by atoms with Gasteiger partial charge in [0, 0.05) is 25.7 Å². The number of ether oxygens (including phenoxy) is 1. The summed E-state index contributed by atoms with van der Waals surface area (Å²) in [6.07, 6.45) is 0.942. The van der Waals surface area contributed by atoms with Crippen molar-refractivity contribution in [3.8, 4) is 11.8 Å². The number of benzene rings is 1. The number of hydrogen-bond donors (Lipinski definition) is 0. The Bertz CT molecular complexity index is 543. The van der Waals surface area contributed by atoms with Crippen molar-refractivity contribution >= 4 is 11.6 Å². The summed E-state index contributed by atoms with van der Waals surface area (Å²) in [5.74, 6) is 0.690. The minimum atomic E-state index is -0.263. The fraction of sp³-hybridized carbons (Fsp3) is 0.588. The highest BCUT2D eigenvalue weighted by Gasteiger charge is 2.29. The zero-order valence-corrected chi connectivity index (χ0v) is 14.3. The molecule has 0 amide bonds. The van der Waals surface area contributed by atoms with Crippen molar-refractivity contribution < 1.29 is 4.74 Å². The highest BCUT2D eigenvalue weighted by Crippen LogP contribution is 2.31. The summed E-state index contributed by atoms with van der Waals surface area (Å²) in [6.45, 7) is 7.72. The second-order valence-electron chi connectivity index (χ2n) is 5.92. The van der Waals surface area contributed by atoms with Crippen molar-refractivity contribution in [3.05, 3.63) is 28.8 Å². The van der Waals surface area contributed by atoms with E-state index < -0.39 is 0 Å². The van der Waals surface area contributed by atoms with Crippen LogP contribution in [0.5, 0.6) is 5.75 Å². The van der Waals surface area contributed by atoms with Crippen LogP contribution in [0.15, 0.2) is 18.2 Å². The first-order valence-electron chi connectivity index (χ1n) is 7.83. The van der Waals surface area contributed by atoms with Gasteiger partial charge in [0.25, 0.3) is 0 Å². The second-order valence-corrected chi connectivity index (χ2v) is 6.33. The molecule has 1 fully saturated rings. The second kappa shape index (κ2) is 7.82. The van der Waals surface area contributed by atoms with E-state index in [1.54, 1.807) is 0 Å². The van der Waals surface area contributed by atoms with E-state index in [1.807, 2.05) is 18.2 Å². The van der Waals surface area contributed by atoms with E-state index in [0.717, 1.165) is 31.6 Å². The largest absolute Gasteiger partial charge is 0.492 e. The fourth-order valence-electron chi connectivity index (χ4n) is 2.89. The molecule has 0 aliphatic carbocycles. The van der Waals surface area contributed by atoms with Gasteiger partial charge in [0.2, 0.25) is 0 Å². The number of hydrogen-bond acceptors (Lipinski definition) is 4. The van der Waals surface area contributed by atoms with Crippen LogP contribution in [0.1, 0.15) is 31.9 Å². The Morgan fingerprint density at radius 3 is 2.82 bits per heavy atom. The molecule has 0 bridgehead atoms. The predicted octanol–water partition coefficient (Wildman–Crippen LogP) is 3.33. The van der Waals surface area contributed by atoms with E-state index in [9.17, 15) is 5.26 Å². The van der Waals surface area contributed by atoms with Gasteiger partial charge >= 0.3 is 0 Å². The summed E-state index contributed by atoms with van der Waals surface area (Å²) in [7, 11) is 2.12. The molecule has 5 heteroatoms. The highest BCUT2D eigenvalue weighted by molar-refractivity contribution is 6.32. The van der Waals surface area contributed by atoms with Gasteiger partial charge in [-0.25, -0.2) is 0 Å². The van der Waals surface area contributed by atoms with Crippen LogP contribution in [0.3, 0.4) is 0 Å². The third kappa shape index (κ3) is 3.92. The number of nitriles is 1. The first-order chi connectivity index (χ1) is 10.6. The quantitative estimate of drug-likeness (QED) is 0.834. The Hall–Kier alpha value is -1.28. The van der Waals surface area contributed by atoms with E-state index in [-0.39, 0.29) is 6.04 Å². The molecule has 1 saturated heterocycles. The van der Waals surface area contributed by atoms with Crippen LogP contribution in [-0.4, -0.2) is 49.1 Å². The van der Waals surface area contributed by atoms with Crippen molar-refractivity contribution in [2.24, 2.45) is 0 Å². The van der Waals surface area contributed by atoms with Crippen molar-refractivity contribution in [3.63, 3.8) is 0 Å². The Balaban J connectivity index is 2.17. The summed E-state index contributed by atoms with van der Waals surface area (Å²) < 4.78 is 5.60. The number of piperazine rings is 1. The van der Waals surface area contributed by atoms with Gasteiger partial charge < -0.3 is 9.64 Å². The summed E-state index contributed by atoms with van der Waals surface area (Å²) in [5.41, 5.74) is 0.938. The van der Waals surface area contributed by atoms with Gasteiger partial charge in [-0.2, -0.15) is 5.26 Å². The minimum Gasteiger partial charge on any atom is -0.492 e. The summed E-state index contributed by atoms with van der Waals surface area (Å²) >= 11 is 6.30. The molecule has 0 radical (unpaired) electrons. The molecule has 1 aliphatic rings. The molecule has 2 atom stereocenters. The standard InChI is InChI=1S/C17H24ClN3O/c1-4-9-22-17-6-5-14(10-15(17)18)16(11-19)21-8-7-20(3)12-13(21)2/h5-6,10,13,16H,4,7-9,12H2,1-3H3. The van der Waals surface area contributed by atoms with Crippen molar-refractivity contribution in [2.45, 2.75) is 32.4 Å². The van der Waals surface area contributed by atoms with Crippen molar-refractivity contribution in [1.29, 1.82) is 5.26 Å². The van der Waals surface area contributed by atoms with Crippen LogP contribution < -0.4 is 4.74 Å². The van der Waals surface area contributed by atoms with Gasteiger partial charge in [-0.15, -0.1) is 0 Å². The van der Waals surface area contributed by atoms with Gasteiger partial charge in [-0.05, 0) is 38.1 Å². The van der Waals surface area contributed by atoms with Crippen molar-refractivity contribution in [2.75, 3.05) is 33.3 Å². The molecule has 22 heavy (non-hydrogen) atoms. The Kier molecular flexibility index (Phi) is 6.07. The maximum atomic E-state index is 9.64. The van der Waals surface area contributed by atoms with E-state index >= 15 is 0 Å². The van der Waals surface area contributed by atoms with E-state index in [4.69, 9.17) is 16.3 Å². The average molecular weight is 322 g/mol. The first kappa shape index (κ1) is 17.1. The van der Waals surface area contributed by atoms with Crippen molar-refractivity contribution in [1.82, 2.24) is 9.80 Å². The fourth-order valence-corrected chi connectivity index (χ4v) is 3.14. The van der Waals surface area contributed by atoms with Crippen LogP contribution in [0.4, 0.5) is 0 Å². The molecule has 1 aromatic rings. The summed E-state index contributed by atoms with van der Waals surface area (Å²) in [5, 5.41) is 10.2. The lowest BCUT2D eigenvalue weighted by molar-refractivity contribution is 0.0797. The lowest BCUT2D eigenvalue weighted by Gasteiger charge is -2.40. The molecule has 4 nitrogen and oxygen atoms in total. The Labute approximate surface area is 138 Å². The molecule has 0 N–H and O–H groups in total. The molecule has 0 saturated carbocycles. The van der Waals surface area contributed by atoms with E-state index in [1.165, 1.54) is 0 Å². The molecule has 0 spiro atoms. The smallest absolute Gasteiger partial charge is 0.137 e. The number of nitrogens with zero attached hydrogens (tertiary/aromatic N) is 3. The van der Waals surface area contributed by atoms with Gasteiger partial charge in [0.15, 0.2) is 0 Å². The average Bonchev–Trinajstić information content (AvgIpc) is 2.49. The maximum Gasteiger partial charge on any atom is 0.137 e. The van der Waals surface area contributed by atoms with Crippen LogP contribution in [-0.2, 0) is 0 Å². The zero-order chi connectivity index (χ0) is 16.1. The number of likely N-dealkylation sites (N-methyl/N-ethyl adjacent to an activating group) is 1. The van der Waals surface area contributed by atoms with Gasteiger partial charge in [0.1, 0.15) is 11.8 Å². The van der Waals surface area contributed by atoms with Gasteiger partial charge in [-0.1, -0.05) is 24.6 Å². The summed E-state index contributed by atoms with van der Waals surface area (Å²) in [4.78, 5) is 4.54. The molecule has 0 aromatic heterocycles. The third-order valence-electron chi connectivity index (χ3n) is 4.07. The monoisotopic (exact) mass is 321 g/mol. The van der Waals surface area contributed by atoms with E-state index in [2.05, 4.69) is 36.8 Å². The zero-order valence-electron chi connectivity index (χ0n) is 13.6. The minimum absolute atomic E-state index is 0.263. The van der Waals surface area contributed by atoms with Gasteiger partial charge in [0.05, 0.1) is 17.7 Å². The molecule has 1 aromatic carbocycles.